The van der Waals surface area contributed by atoms with E-state index in [1.54, 1.807) is 31.4 Å². The summed E-state index contributed by atoms with van der Waals surface area (Å²) >= 11 is 0. The summed E-state index contributed by atoms with van der Waals surface area (Å²) in [4.78, 5) is 27.0. The molecule has 0 N–H and O–H groups in total. The summed E-state index contributed by atoms with van der Waals surface area (Å²) in [6, 6.07) is 27.8. The normalized spacial score (nSPS) is 18.4. The second-order valence-electron chi connectivity index (χ2n) is 7.49. The number of Topliss-reactive ketones (excluding diaryl/α,β-unsaturated/α-hetero) is 2. The van der Waals surface area contributed by atoms with Gasteiger partial charge in [-0.15, -0.1) is 0 Å². The molecule has 4 rings (SSSR count). The lowest BCUT2D eigenvalue weighted by Crippen LogP contribution is -2.35. The van der Waals surface area contributed by atoms with E-state index in [0.717, 1.165) is 11.1 Å². The highest BCUT2D eigenvalue weighted by molar-refractivity contribution is 6.21. The van der Waals surface area contributed by atoms with Gasteiger partial charge < -0.3 is 4.74 Å². The van der Waals surface area contributed by atoms with Crippen LogP contribution in [0, 0.1) is 17.2 Å². The fraction of sp³-hybridized carbons (Fsp3) is 0.148. The first-order valence-corrected chi connectivity index (χ1v) is 10.1. The van der Waals surface area contributed by atoms with Crippen molar-refractivity contribution in [2.24, 2.45) is 5.92 Å². The Morgan fingerprint density at radius 2 is 1.55 bits per heavy atom. The Morgan fingerprint density at radius 1 is 0.935 bits per heavy atom. The quantitative estimate of drug-likeness (QED) is 0.429. The smallest absolute Gasteiger partial charge is 0.185 e. The van der Waals surface area contributed by atoms with Gasteiger partial charge in [-0.2, -0.15) is 5.26 Å². The maximum Gasteiger partial charge on any atom is 0.185 e. The Morgan fingerprint density at radius 3 is 2.13 bits per heavy atom. The lowest BCUT2D eigenvalue weighted by molar-refractivity contribution is -0.118. The number of hydrogen-bond donors (Lipinski definition) is 0. The SMILES string of the molecule is COc1ccc([C@H]2CC(c3ccccc3)=C(C#N)C(=O)[C@H]2C(=O)c2ccccc2)cc1. The summed E-state index contributed by atoms with van der Waals surface area (Å²) in [7, 11) is 1.59. The molecule has 3 aromatic rings. The van der Waals surface area contributed by atoms with E-state index in [-0.39, 0.29) is 17.3 Å². The molecule has 31 heavy (non-hydrogen) atoms. The summed E-state index contributed by atoms with van der Waals surface area (Å²) in [5.41, 5.74) is 2.93. The number of benzene rings is 3. The number of rotatable bonds is 5. The van der Waals surface area contributed by atoms with Crippen LogP contribution >= 0.6 is 0 Å². The van der Waals surface area contributed by atoms with E-state index in [4.69, 9.17) is 4.74 Å². The first-order valence-electron chi connectivity index (χ1n) is 10.1. The Bertz CT molecular complexity index is 1170. The molecule has 4 nitrogen and oxygen atoms in total. The van der Waals surface area contributed by atoms with Crippen molar-refractivity contribution in [3.63, 3.8) is 0 Å². The third-order valence-electron chi connectivity index (χ3n) is 5.78. The predicted octanol–water partition coefficient (Wildman–Crippen LogP) is 5.23. The van der Waals surface area contributed by atoms with Crippen molar-refractivity contribution < 1.29 is 14.3 Å². The number of nitrogens with zero attached hydrogens (tertiary/aromatic N) is 1. The van der Waals surface area contributed by atoms with Crippen molar-refractivity contribution in [2.45, 2.75) is 12.3 Å². The van der Waals surface area contributed by atoms with E-state index in [2.05, 4.69) is 6.07 Å². The molecule has 0 aliphatic heterocycles. The number of carbonyl (C=O) groups excluding carboxylic acids is 2. The second kappa shape index (κ2) is 8.81. The first kappa shape index (κ1) is 20.3. The molecule has 0 spiro atoms. The van der Waals surface area contributed by atoms with Crippen LogP contribution in [-0.4, -0.2) is 18.7 Å². The summed E-state index contributed by atoms with van der Waals surface area (Å²) in [6.07, 6.45) is 0.425. The number of hydrogen-bond acceptors (Lipinski definition) is 4. The maximum absolute atomic E-state index is 13.5. The van der Waals surface area contributed by atoms with Crippen LogP contribution in [0.25, 0.3) is 5.57 Å². The van der Waals surface area contributed by atoms with Gasteiger partial charge >= 0.3 is 0 Å². The second-order valence-corrected chi connectivity index (χ2v) is 7.49. The van der Waals surface area contributed by atoms with Gasteiger partial charge in [0.1, 0.15) is 11.8 Å². The zero-order valence-electron chi connectivity index (χ0n) is 17.1. The van der Waals surface area contributed by atoms with Crippen LogP contribution in [0.4, 0.5) is 0 Å². The average molecular weight is 407 g/mol. The van der Waals surface area contributed by atoms with Crippen molar-refractivity contribution in [3.8, 4) is 11.8 Å². The molecule has 0 bridgehead atoms. The van der Waals surface area contributed by atoms with E-state index >= 15 is 0 Å². The molecule has 0 unspecified atom stereocenters. The zero-order chi connectivity index (χ0) is 21.8. The van der Waals surface area contributed by atoms with Crippen LogP contribution in [0.3, 0.4) is 0 Å². The fourth-order valence-electron chi connectivity index (χ4n) is 4.20. The molecule has 0 heterocycles. The third kappa shape index (κ3) is 3.91. The zero-order valence-corrected chi connectivity index (χ0v) is 17.1. The van der Waals surface area contributed by atoms with Gasteiger partial charge in [-0.25, -0.2) is 0 Å². The highest BCUT2D eigenvalue weighted by atomic mass is 16.5. The van der Waals surface area contributed by atoms with Crippen molar-refractivity contribution in [2.75, 3.05) is 7.11 Å². The van der Waals surface area contributed by atoms with Gasteiger partial charge in [0.2, 0.25) is 0 Å². The first-order chi connectivity index (χ1) is 15.1. The molecular weight excluding hydrogens is 386 g/mol. The van der Waals surface area contributed by atoms with E-state index in [1.165, 1.54) is 0 Å². The van der Waals surface area contributed by atoms with Gasteiger partial charge in [0, 0.05) is 11.5 Å². The number of allylic oxidation sites excluding steroid dienone is 2. The molecule has 0 aromatic heterocycles. The fourth-order valence-corrected chi connectivity index (χ4v) is 4.20. The minimum Gasteiger partial charge on any atom is -0.497 e. The molecule has 152 valence electrons. The number of carbonyl (C=O) groups is 2. The lowest BCUT2D eigenvalue weighted by atomic mass is 9.68. The van der Waals surface area contributed by atoms with Crippen molar-refractivity contribution in [1.29, 1.82) is 5.26 Å². The Kier molecular flexibility index (Phi) is 5.77. The standard InChI is InChI=1S/C27H21NO3/c1-31-21-14-12-19(13-15-21)23-16-22(18-8-4-2-5-9-18)24(17-28)27(30)25(23)26(29)20-10-6-3-7-11-20/h2-15,23,25H,16H2,1H3/t23-,25-/m1/s1. The molecule has 3 aromatic carbocycles. The molecule has 1 aliphatic rings. The van der Waals surface area contributed by atoms with Crippen LogP contribution in [0.15, 0.2) is 90.5 Å². The Hall–Kier alpha value is -3.97. The molecule has 0 amide bonds. The van der Waals surface area contributed by atoms with Crippen LogP contribution in [0.1, 0.15) is 33.8 Å². The lowest BCUT2D eigenvalue weighted by Gasteiger charge is -2.31. The summed E-state index contributed by atoms with van der Waals surface area (Å²) in [5, 5.41) is 9.83. The Labute approximate surface area is 181 Å². The summed E-state index contributed by atoms with van der Waals surface area (Å²) in [5.74, 6) is -1.29. The monoisotopic (exact) mass is 407 g/mol. The van der Waals surface area contributed by atoms with Gasteiger partial charge in [0.05, 0.1) is 18.6 Å². The highest BCUT2D eigenvalue weighted by Crippen LogP contribution is 2.44. The van der Waals surface area contributed by atoms with E-state index in [1.807, 2.05) is 60.7 Å². The van der Waals surface area contributed by atoms with Gasteiger partial charge in [-0.05, 0) is 35.3 Å². The number of ketones is 2. The number of ether oxygens (including phenoxy) is 1. The summed E-state index contributed by atoms with van der Waals surface area (Å²) < 4.78 is 5.26. The molecule has 0 fully saturated rings. The largest absolute Gasteiger partial charge is 0.497 e. The predicted molar refractivity (Wildman–Crippen MR) is 119 cm³/mol. The van der Waals surface area contributed by atoms with E-state index in [9.17, 15) is 14.9 Å². The highest BCUT2D eigenvalue weighted by Gasteiger charge is 2.43. The van der Waals surface area contributed by atoms with Crippen molar-refractivity contribution in [1.82, 2.24) is 0 Å². The molecule has 1 aliphatic carbocycles. The van der Waals surface area contributed by atoms with E-state index in [0.29, 0.717) is 23.3 Å². The minimum absolute atomic E-state index is 0.0743. The summed E-state index contributed by atoms with van der Waals surface area (Å²) in [6.45, 7) is 0. The van der Waals surface area contributed by atoms with Crippen LogP contribution in [-0.2, 0) is 4.79 Å². The molecule has 0 saturated heterocycles. The molecule has 2 atom stereocenters. The molecule has 0 radical (unpaired) electrons. The maximum atomic E-state index is 13.5. The number of nitriles is 1. The van der Waals surface area contributed by atoms with Gasteiger partial charge in [-0.1, -0.05) is 72.8 Å². The van der Waals surface area contributed by atoms with Gasteiger partial charge in [0.15, 0.2) is 11.6 Å². The van der Waals surface area contributed by atoms with Crippen LogP contribution < -0.4 is 4.74 Å². The van der Waals surface area contributed by atoms with Crippen LogP contribution in [0.5, 0.6) is 5.75 Å². The van der Waals surface area contributed by atoms with Crippen molar-refractivity contribution >= 4 is 17.1 Å². The average Bonchev–Trinajstić information content (AvgIpc) is 2.84. The number of methoxy groups -OCH3 is 1. The topological polar surface area (TPSA) is 67.2 Å². The van der Waals surface area contributed by atoms with Crippen molar-refractivity contribution in [3.05, 3.63) is 107 Å². The van der Waals surface area contributed by atoms with Gasteiger partial charge in [-0.3, -0.25) is 9.59 Å². The Balaban J connectivity index is 1.86. The minimum atomic E-state index is -0.946. The van der Waals surface area contributed by atoms with Crippen LogP contribution in [0.2, 0.25) is 0 Å². The van der Waals surface area contributed by atoms with Gasteiger partial charge in [0.25, 0.3) is 0 Å². The third-order valence-corrected chi connectivity index (χ3v) is 5.78. The molecule has 0 saturated carbocycles. The molecular formula is C27H21NO3. The van der Waals surface area contributed by atoms with E-state index < -0.39 is 11.7 Å². The molecule has 4 heteroatoms.